The van der Waals surface area contributed by atoms with Gasteiger partial charge in [-0.05, 0) is 12.8 Å². The van der Waals surface area contributed by atoms with Crippen molar-refractivity contribution in [1.82, 2.24) is 0 Å². The Kier molecular flexibility index (Phi) is 6.23. The van der Waals surface area contributed by atoms with E-state index in [0.29, 0.717) is 12.3 Å². The van der Waals surface area contributed by atoms with Gasteiger partial charge in [0.25, 0.3) is 5.97 Å². The first kappa shape index (κ1) is 12.5. The molecule has 0 fully saturated rings. The second-order valence-corrected chi connectivity index (χ2v) is 3.60. The van der Waals surface area contributed by atoms with Gasteiger partial charge in [0.2, 0.25) is 0 Å². The van der Waals surface area contributed by atoms with E-state index in [1.807, 2.05) is 0 Å². The molecule has 0 rings (SSSR count). The van der Waals surface area contributed by atoms with Crippen LogP contribution in [0.2, 0.25) is 0 Å². The van der Waals surface area contributed by atoms with E-state index in [-0.39, 0.29) is 0 Å². The first-order valence-electron chi connectivity index (χ1n) is 3.85. The van der Waals surface area contributed by atoms with Gasteiger partial charge in [-0.3, -0.25) is 0 Å². The van der Waals surface area contributed by atoms with Crippen molar-refractivity contribution in [3.05, 3.63) is 0 Å². The molecular formula is C7H14Cl2O3. The van der Waals surface area contributed by atoms with Crippen LogP contribution in [0.25, 0.3) is 0 Å². The molecule has 0 aliphatic rings. The summed E-state index contributed by atoms with van der Waals surface area (Å²) in [4.78, 5) is 0. The smallest absolute Gasteiger partial charge is 0.292 e. The van der Waals surface area contributed by atoms with Crippen molar-refractivity contribution in [2.45, 2.75) is 37.0 Å². The fourth-order valence-electron chi connectivity index (χ4n) is 0.788. The van der Waals surface area contributed by atoms with Crippen molar-refractivity contribution >= 4 is 23.2 Å². The van der Waals surface area contributed by atoms with Gasteiger partial charge in [-0.1, -0.05) is 12.8 Å². The van der Waals surface area contributed by atoms with E-state index < -0.39 is 11.4 Å². The highest BCUT2D eigenvalue weighted by molar-refractivity contribution is 6.21. The van der Waals surface area contributed by atoms with Crippen LogP contribution >= 0.6 is 23.2 Å². The van der Waals surface area contributed by atoms with Crippen LogP contribution in [0, 0.1) is 0 Å². The molecule has 1 atom stereocenters. The van der Waals surface area contributed by atoms with Gasteiger partial charge in [0.15, 0.2) is 0 Å². The molecule has 5 heteroatoms. The molecule has 0 aromatic rings. The third-order valence-electron chi connectivity index (χ3n) is 1.51. The third-order valence-corrected chi connectivity index (χ3v) is 2.29. The van der Waals surface area contributed by atoms with Crippen LogP contribution in [0.1, 0.15) is 25.7 Å². The van der Waals surface area contributed by atoms with Gasteiger partial charge in [-0.25, -0.2) is 0 Å². The highest BCUT2D eigenvalue weighted by Gasteiger charge is 2.29. The van der Waals surface area contributed by atoms with E-state index in [4.69, 9.17) is 38.5 Å². The monoisotopic (exact) mass is 216 g/mol. The predicted molar refractivity (Wildman–Crippen MR) is 48.2 cm³/mol. The summed E-state index contributed by atoms with van der Waals surface area (Å²) in [6.45, 7) is 0. The van der Waals surface area contributed by atoms with E-state index in [1.54, 1.807) is 0 Å². The Balaban J connectivity index is 3.38. The van der Waals surface area contributed by atoms with Crippen LogP contribution in [0.5, 0.6) is 0 Å². The van der Waals surface area contributed by atoms with E-state index in [9.17, 15) is 0 Å². The largest absolute Gasteiger partial charge is 0.342 e. The first-order chi connectivity index (χ1) is 5.48. The minimum atomic E-state index is -2.76. The van der Waals surface area contributed by atoms with Crippen molar-refractivity contribution in [3.63, 3.8) is 0 Å². The second-order valence-electron chi connectivity index (χ2n) is 2.69. The van der Waals surface area contributed by atoms with Gasteiger partial charge in [-0.15, -0.1) is 23.2 Å². The quantitative estimate of drug-likeness (QED) is 0.353. The molecule has 0 saturated heterocycles. The number of hydrogen-bond donors (Lipinski definition) is 3. The number of alkyl halides is 2. The summed E-state index contributed by atoms with van der Waals surface area (Å²) < 4.78 is 0. The van der Waals surface area contributed by atoms with Gasteiger partial charge in [0.1, 0.15) is 5.38 Å². The average molecular weight is 217 g/mol. The molecule has 0 spiro atoms. The summed E-state index contributed by atoms with van der Waals surface area (Å²) in [6.07, 6.45) is 2.84. The normalized spacial score (nSPS) is 14.8. The van der Waals surface area contributed by atoms with Gasteiger partial charge in [-0.2, -0.15) is 0 Å². The van der Waals surface area contributed by atoms with E-state index in [2.05, 4.69) is 0 Å². The Morgan fingerprint density at radius 2 is 1.67 bits per heavy atom. The standard InChI is InChI=1S/C7H14Cl2O3/c8-5-3-1-2-4-6(9)7(10,11)12/h6,10-12H,1-5H2. The van der Waals surface area contributed by atoms with Crippen molar-refractivity contribution in [1.29, 1.82) is 0 Å². The lowest BCUT2D eigenvalue weighted by molar-refractivity contribution is -0.311. The Hall–Kier alpha value is 0.460. The maximum absolute atomic E-state index is 8.60. The Bertz CT molecular complexity index is 114. The Morgan fingerprint density at radius 3 is 2.08 bits per heavy atom. The van der Waals surface area contributed by atoms with Crippen LogP contribution in [-0.2, 0) is 0 Å². The van der Waals surface area contributed by atoms with Crippen molar-refractivity contribution < 1.29 is 15.3 Å². The van der Waals surface area contributed by atoms with E-state index in [0.717, 1.165) is 19.3 Å². The molecule has 0 heterocycles. The second kappa shape index (κ2) is 6.00. The molecule has 0 aliphatic carbocycles. The maximum atomic E-state index is 8.60. The number of aliphatic hydroxyl groups is 3. The number of unbranched alkanes of at least 4 members (excludes halogenated alkanes) is 2. The first-order valence-corrected chi connectivity index (χ1v) is 4.82. The lowest BCUT2D eigenvalue weighted by atomic mass is 10.1. The molecule has 74 valence electrons. The maximum Gasteiger partial charge on any atom is 0.292 e. The van der Waals surface area contributed by atoms with Crippen molar-refractivity contribution in [2.75, 3.05) is 5.88 Å². The predicted octanol–water partition coefficient (Wildman–Crippen LogP) is 1.02. The molecule has 0 radical (unpaired) electrons. The topological polar surface area (TPSA) is 60.7 Å². The summed E-state index contributed by atoms with van der Waals surface area (Å²) in [5.74, 6) is -2.17. The summed E-state index contributed by atoms with van der Waals surface area (Å²) >= 11 is 10.9. The Morgan fingerprint density at radius 1 is 1.08 bits per heavy atom. The molecule has 0 aliphatic heterocycles. The van der Waals surface area contributed by atoms with Crippen LogP contribution in [0.4, 0.5) is 0 Å². The van der Waals surface area contributed by atoms with Gasteiger partial charge in [0.05, 0.1) is 0 Å². The highest BCUT2D eigenvalue weighted by Crippen LogP contribution is 2.17. The Labute approximate surface area is 81.9 Å². The van der Waals surface area contributed by atoms with Crippen molar-refractivity contribution in [2.24, 2.45) is 0 Å². The molecule has 0 aromatic carbocycles. The van der Waals surface area contributed by atoms with Crippen molar-refractivity contribution in [3.8, 4) is 0 Å². The summed E-state index contributed by atoms with van der Waals surface area (Å²) in [5, 5.41) is 24.8. The molecule has 3 N–H and O–H groups in total. The van der Waals surface area contributed by atoms with Gasteiger partial charge in [0, 0.05) is 5.88 Å². The van der Waals surface area contributed by atoms with Gasteiger partial charge < -0.3 is 15.3 Å². The summed E-state index contributed by atoms with van der Waals surface area (Å²) in [7, 11) is 0. The number of rotatable bonds is 6. The fraction of sp³-hybridized carbons (Fsp3) is 1.00. The summed E-state index contributed by atoms with van der Waals surface area (Å²) in [5.41, 5.74) is 0. The number of halogens is 2. The molecule has 0 bridgehead atoms. The minimum Gasteiger partial charge on any atom is -0.342 e. The molecule has 3 nitrogen and oxygen atoms in total. The zero-order valence-electron chi connectivity index (χ0n) is 6.71. The lowest BCUT2D eigenvalue weighted by Gasteiger charge is -2.19. The van der Waals surface area contributed by atoms with Crippen LogP contribution in [0.3, 0.4) is 0 Å². The molecule has 1 unspecified atom stereocenters. The van der Waals surface area contributed by atoms with E-state index in [1.165, 1.54) is 0 Å². The van der Waals surface area contributed by atoms with Crippen LogP contribution in [0.15, 0.2) is 0 Å². The molecule has 0 saturated carbocycles. The zero-order chi connectivity index (χ0) is 9.61. The fourth-order valence-corrected chi connectivity index (χ4v) is 1.13. The van der Waals surface area contributed by atoms with Crippen LogP contribution in [-0.4, -0.2) is 32.5 Å². The SMILES string of the molecule is OC(O)(O)C(Cl)CCCCCCl. The molecule has 12 heavy (non-hydrogen) atoms. The van der Waals surface area contributed by atoms with Gasteiger partial charge >= 0.3 is 0 Å². The number of hydrogen-bond acceptors (Lipinski definition) is 3. The minimum absolute atomic E-state index is 0.363. The third kappa shape index (κ3) is 6.03. The lowest BCUT2D eigenvalue weighted by Crippen LogP contribution is -2.38. The highest BCUT2D eigenvalue weighted by atomic mass is 35.5. The van der Waals surface area contributed by atoms with Crippen LogP contribution < -0.4 is 0 Å². The van der Waals surface area contributed by atoms with E-state index >= 15 is 0 Å². The molecular weight excluding hydrogens is 203 g/mol. The summed E-state index contributed by atoms with van der Waals surface area (Å²) in [6, 6.07) is 0. The average Bonchev–Trinajstić information content (AvgIpc) is 1.96. The zero-order valence-corrected chi connectivity index (χ0v) is 8.22. The molecule has 0 aromatic heterocycles. The molecule has 0 amide bonds.